The van der Waals surface area contributed by atoms with Crippen LogP contribution in [0.15, 0.2) is 18.5 Å². The monoisotopic (exact) mass is 234 g/mol. The van der Waals surface area contributed by atoms with Gasteiger partial charge in [-0.05, 0) is 6.07 Å². The fourth-order valence-corrected chi connectivity index (χ4v) is 1.38. The molecule has 1 atom stereocenters. The third-order valence-electron chi connectivity index (χ3n) is 1.69. The summed E-state index contributed by atoms with van der Waals surface area (Å²) in [4.78, 5) is 3.89. The van der Waals surface area contributed by atoms with Gasteiger partial charge in [0.1, 0.15) is 0 Å². The van der Waals surface area contributed by atoms with Crippen LogP contribution in [0.1, 0.15) is 0 Å². The van der Waals surface area contributed by atoms with E-state index in [0.29, 0.717) is 17.5 Å². The molecule has 0 spiro atoms. The molecule has 0 saturated carbocycles. The molecule has 0 bridgehead atoms. The summed E-state index contributed by atoms with van der Waals surface area (Å²) in [6.45, 7) is 0.544. The lowest BCUT2D eigenvalue weighted by molar-refractivity contribution is 0.191. The minimum absolute atomic E-state index is 0.0570. The molecular weight excluding hydrogens is 223 g/mol. The van der Waals surface area contributed by atoms with Gasteiger partial charge in [-0.15, -0.1) is 11.6 Å². The number of methoxy groups -OCH3 is 1. The van der Waals surface area contributed by atoms with Gasteiger partial charge in [0.05, 0.1) is 23.4 Å². The number of halogens is 2. The average molecular weight is 235 g/mol. The summed E-state index contributed by atoms with van der Waals surface area (Å²) in [6, 6.07) is 1.86. The highest BCUT2D eigenvalue weighted by molar-refractivity contribution is 6.33. The highest BCUT2D eigenvalue weighted by Crippen LogP contribution is 2.20. The van der Waals surface area contributed by atoms with E-state index in [2.05, 4.69) is 10.3 Å². The lowest BCUT2D eigenvalue weighted by Gasteiger charge is -2.16. The lowest BCUT2D eigenvalue weighted by atomic mass is 10.3. The van der Waals surface area contributed by atoms with Crippen molar-refractivity contribution in [3.63, 3.8) is 0 Å². The Morgan fingerprint density at radius 2 is 2.43 bits per heavy atom. The quantitative estimate of drug-likeness (QED) is 0.795. The van der Waals surface area contributed by atoms with Gasteiger partial charge in [0.2, 0.25) is 0 Å². The van der Waals surface area contributed by atoms with Crippen molar-refractivity contribution in [3.05, 3.63) is 23.5 Å². The molecule has 1 unspecified atom stereocenters. The fraction of sp³-hybridized carbons (Fsp3) is 0.444. The Kier molecular flexibility index (Phi) is 5.01. The maximum atomic E-state index is 5.92. The fourth-order valence-electron chi connectivity index (χ4n) is 1.04. The van der Waals surface area contributed by atoms with Gasteiger partial charge in [0.15, 0.2) is 0 Å². The van der Waals surface area contributed by atoms with Gasteiger partial charge in [0.25, 0.3) is 0 Å². The minimum atomic E-state index is 0.0570. The Morgan fingerprint density at radius 3 is 3.00 bits per heavy atom. The van der Waals surface area contributed by atoms with E-state index in [1.807, 2.05) is 0 Å². The Hall–Kier alpha value is -0.510. The second-order valence-corrected chi connectivity index (χ2v) is 3.52. The SMILES string of the molecule is COCC(CCl)Nc1ccncc1Cl. The first-order valence-electron chi connectivity index (χ1n) is 4.19. The molecule has 0 aliphatic heterocycles. The predicted octanol–water partition coefficient (Wildman–Crippen LogP) is 2.40. The molecule has 1 aromatic rings. The Balaban J connectivity index is 2.62. The molecule has 1 heterocycles. The topological polar surface area (TPSA) is 34.1 Å². The van der Waals surface area contributed by atoms with Gasteiger partial charge in [0, 0.05) is 25.4 Å². The zero-order chi connectivity index (χ0) is 10.4. The molecule has 5 heteroatoms. The Morgan fingerprint density at radius 1 is 1.64 bits per heavy atom. The van der Waals surface area contributed by atoms with Crippen LogP contribution in [-0.2, 0) is 4.74 Å². The van der Waals surface area contributed by atoms with Crippen molar-refractivity contribution in [1.82, 2.24) is 4.98 Å². The van der Waals surface area contributed by atoms with Gasteiger partial charge < -0.3 is 10.1 Å². The van der Waals surface area contributed by atoms with E-state index >= 15 is 0 Å². The van der Waals surface area contributed by atoms with E-state index < -0.39 is 0 Å². The first-order valence-corrected chi connectivity index (χ1v) is 5.10. The molecule has 0 saturated heterocycles. The van der Waals surface area contributed by atoms with Crippen molar-refractivity contribution < 1.29 is 4.74 Å². The molecule has 0 radical (unpaired) electrons. The smallest absolute Gasteiger partial charge is 0.0820 e. The second kappa shape index (κ2) is 6.06. The van der Waals surface area contributed by atoms with E-state index in [1.54, 1.807) is 25.6 Å². The van der Waals surface area contributed by atoms with E-state index in [1.165, 1.54) is 0 Å². The third kappa shape index (κ3) is 3.33. The maximum Gasteiger partial charge on any atom is 0.0820 e. The van der Waals surface area contributed by atoms with Gasteiger partial charge in [-0.2, -0.15) is 0 Å². The number of alkyl halides is 1. The summed E-state index contributed by atoms with van der Waals surface area (Å²) in [5, 5.41) is 3.75. The number of hydrogen-bond donors (Lipinski definition) is 1. The first kappa shape index (κ1) is 11.6. The van der Waals surface area contributed by atoms with Gasteiger partial charge >= 0.3 is 0 Å². The highest BCUT2D eigenvalue weighted by Gasteiger charge is 2.08. The molecular formula is C9H12Cl2N2O. The zero-order valence-corrected chi connectivity index (χ0v) is 9.35. The molecule has 0 amide bonds. The van der Waals surface area contributed by atoms with Crippen molar-refractivity contribution in [1.29, 1.82) is 0 Å². The third-order valence-corrected chi connectivity index (χ3v) is 2.36. The lowest BCUT2D eigenvalue weighted by Crippen LogP contribution is -2.26. The molecule has 0 aromatic carbocycles. The molecule has 0 aliphatic carbocycles. The molecule has 78 valence electrons. The number of pyridine rings is 1. The van der Waals surface area contributed by atoms with Crippen molar-refractivity contribution in [2.24, 2.45) is 0 Å². The largest absolute Gasteiger partial charge is 0.383 e. The molecule has 1 N–H and O–H groups in total. The van der Waals surface area contributed by atoms with Crippen LogP contribution < -0.4 is 5.32 Å². The number of nitrogens with one attached hydrogen (secondary N) is 1. The van der Waals surface area contributed by atoms with Gasteiger partial charge in [-0.3, -0.25) is 4.98 Å². The zero-order valence-electron chi connectivity index (χ0n) is 7.84. The van der Waals surface area contributed by atoms with Crippen LogP contribution in [0.4, 0.5) is 5.69 Å². The van der Waals surface area contributed by atoms with Crippen LogP contribution in [0.2, 0.25) is 5.02 Å². The van der Waals surface area contributed by atoms with E-state index in [9.17, 15) is 0 Å². The number of aromatic nitrogens is 1. The molecule has 0 aliphatic rings. The van der Waals surface area contributed by atoms with Crippen LogP contribution in [-0.4, -0.2) is 30.6 Å². The maximum absolute atomic E-state index is 5.92. The van der Waals surface area contributed by atoms with Crippen LogP contribution >= 0.6 is 23.2 Å². The highest BCUT2D eigenvalue weighted by atomic mass is 35.5. The Bertz CT molecular complexity index is 283. The van der Waals surface area contributed by atoms with E-state index in [-0.39, 0.29) is 6.04 Å². The molecule has 3 nitrogen and oxygen atoms in total. The van der Waals surface area contributed by atoms with Crippen molar-refractivity contribution >= 4 is 28.9 Å². The minimum Gasteiger partial charge on any atom is -0.383 e. The summed E-state index contributed by atoms with van der Waals surface area (Å²) in [5.41, 5.74) is 0.823. The van der Waals surface area contributed by atoms with Crippen LogP contribution in [0.5, 0.6) is 0 Å². The molecule has 14 heavy (non-hydrogen) atoms. The molecule has 1 aromatic heterocycles. The standard InChI is InChI=1S/C9H12Cl2N2O/c1-14-6-7(4-10)13-9-2-3-12-5-8(9)11/h2-3,5,7H,4,6H2,1H3,(H,12,13). The van der Waals surface area contributed by atoms with Crippen LogP contribution in [0.3, 0.4) is 0 Å². The van der Waals surface area contributed by atoms with Crippen molar-refractivity contribution in [2.75, 3.05) is 24.9 Å². The van der Waals surface area contributed by atoms with E-state index in [4.69, 9.17) is 27.9 Å². The van der Waals surface area contributed by atoms with Crippen molar-refractivity contribution in [2.45, 2.75) is 6.04 Å². The summed E-state index contributed by atoms with van der Waals surface area (Å²) >= 11 is 11.7. The number of anilines is 1. The predicted molar refractivity (Wildman–Crippen MR) is 59.3 cm³/mol. The summed E-state index contributed by atoms with van der Waals surface area (Å²) in [5.74, 6) is 0.465. The number of hydrogen-bond acceptors (Lipinski definition) is 3. The summed E-state index contributed by atoms with van der Waals surface area (Å²) in [7, 11) is 1.63. The van der Waals surface area contributed by atoms with Gasteiger partial charge in [-0.1, -0.05) is 11.6 Å². The first-order chi connectivity index (χ1) is 6.77. The number of ether oxygens (including phenoxy) is 1. The normalized spacial score (nSPS) is 12.5. The van der Waals surface area contributed by atoms with Crippen LogP contribution in [0, 0.1) is 0 Å². The molecule has 0 fully saturated rings. The van der Waals surface area contributed by atoms with Crippen LogP contribution in [0.25, 0.3) is 0 Å². The van der Waals surface area contributed by atoms with E-state index in [0.717, 1.165) is 5.69 Å². The van der Waals surface area contributed by atoms with Gasteiger partial charge in [-0.25, -0.2) is 0 Å². The second-order valence-electron chi connectivity index (χ2n) is 2.81. The van der Waals surface area contributed by atoms with Crippen molar-refractivity contribution in [3.8, 4) is 0 Å². The summed E-state index contributed by atoms with van der Waals surface area (Å²) in [6.07, 6.45) is 3.26. The number of rotatable bonds is 5. The molecule has 1 rings (SSSR count). The Labute approximate surface area is 93.4 Å². The summed E-state index contributed by atoms with van der Waals surface area (Å²) < 4.78 is 5.00. The average Bonchev–Trinajstić information content (AvgIpc) is 2.20. The number of nitrogens with zero attached hydrogens (tertiary/aromatic N) is 1.